The maximum atomic E-state index is 16.1. The molecule has 1 spiro atoms. The van der Waals surface area contributed by atoms with Crippen LogP contribution in [0, 0.1) is 11.2 Å². The number of nitrogens with one attached hydrogen (secondary N) is 1. The molecule has 0 radical (unpaired) electrons. The summed E-state index contributed by atoms with van der Waals surface area (Å²) in [6, 6.07) is 0.723. The second kappa shape index (κ2) is 8.07. The number of ether oxygens (including phenoxy) is 1. The minimum absolute atomic E-state index is 0.108. The number of Topliss-reactive ketones (excluding diaryl/α,β-unsaturated/α-hetero) is 1. The lowest BCUT2D eigenvalue weighted by atomic mass is 9.63. The van der Waals surface area contributed by atoms with Gasteiger partial charge < -0.3 is 14.2 Å². The molecule has 4 aliphatic heterocycles. The molecule has 0 aliphatic carbocycles. The molecule has 36 heavy (non-hydrogen) atoms. The predicted molar refractivity (Wildman–Crippen MR) is 120 cm³/mol. The quantitative estimate of drug-likeness (QED) is 0.454. The van der Waals surface area contributed by atoms with Gasteiger partial charge in [0.15, 0.2) is 17.3 Å². The number of morpholine rings is 1. The van der Waals surface area contributed by atoms with Crippen molar-refractivity contribution in [3.63, 3.8) is 0 Å². The number of benzene rings is 1. The Morgan fingerprint density at radius 1 is 1.25 bits per heavy atom. The van der Waals surface area contributed by atoms with Crippen molar-refractivity contribution in [2.75, 3.05) is 24.6 Å². The molecule has 4 aliphatic rings. The first-order valence-electron chi connectivity index (χ1n) is 12.1. The number of hydrogen-bond acceptors (Lipinski definition) is 9. The minimum Gasteiger partial charge on any atom is -0.372 e. The van der Waals surface area contributed by atoms with Crippen LogP contribution in [0.1, 0.15) is 49.2 Å². The van der Waals surface area contributed by atoms with Crippen molar-refractivity contribution in [1.82, 2.24) is 15.5 Å². The number of hydrogen-bond donors (Lipinski definition) is 1. The van der Waals surface area contributed by atoms with Gasteiger partial charge in [0.1, 0.15) is 5.41 Å². The average molecular weight is 500 g/mol. The van der Waals surface area contributed by atoms with E-state index in [-0.39, 0.29) is 41.4 Å². The number of carbonyl (C=O) groups excluding carboxylic acids is 4. The van der Waals surface area contributed by atoms with E-state index >= 15 is 4.39 Å². The summed E-state index contributed by atoms with van der Waals surface area (Å²) in [5.74, 6) is -3.21. The molecule has 3 saturated heterocycles. The fraction of sp³-hybridized carbons (Fsp3) is 0.542. The fourth-order valence-corrected chi connectivity index (χ4v) is 6.18. The highest BCUT2D eigenvalue weighted by atomic mass is 19.1. The number of piperidine rings is 1. The van der Waals surface area contributed by atoms with Gasteiger partial charge >= 0.3 is 0 Å². The Labute approximate surface area is 204 Å². The monoisotopic (exact) mass is 500 g/mol. The molecule has 6 rings (SSSR count). The number of imide groups is 1. The molecule has 11 nitrogen and oxygen atoms in total. The number of ketones is 1. The van der Waals surface area contributed by atoms with Gasteiger partial charge in [0.25, 0.3) is 5.91 Å². The lowest BCUT2D eigenvalue weighted by Gasteiger charge is -2.55. The highest BCUT2D eigenvalue weighted by molar-refractivity contribution is 6.22. The van der Waals surface area contributed by atoms with Crippen LogP contribution in [0.2, 0.25) is 0 Å². The van der Waals surface area contributed by atoms with Gasteiger partial charge in [0, 0.05) is 13.1 Å². The Morgan fingerprint density at radius 2 is 2.06 bits per heavy atom. The van der Waals surface area contributed by atoms with Gasteiger partial charge in [0.05, 0.1) is 42.4 Å². The van der Waals surface area contributed by atoms with Gasteiger partial charge in [-0.2, -0.15) is 0 Å². The van der Waals surface area contributed by atoms with Crippen LogP contribution in [0.25, 0.3) is 11.0 Å². The number of rotatable bonds is 1. The lowest BCUT2D eigenvalue weighted by molar-refractivity contribution is -0.158. The molecular formula is C24H25FN4O7. The van der Waals surface area contributed by atoms with E-state index in [1.165, 1.54) is 5.06 Å². The molecule has 4 atom stereocenters. The van der Waals surface area contributed by atoms with Crippen molar-refractivity contribution in [3.05, 3.63) is 23.1 Å². The molecule has 1 N–H and O–H groups in total. The van der Waals surface area contributed by atoms with Gasteiger partial charge in [-0.25, -0.2) is 9.45 Å². The van der Waals surface area contributed by atoms with E-state index in [0.717, 1.165) is 12.8 Å². The van der Waals surface area contributed by atoms with Gasteiger partial charge in [-0.1, -0.05) is 5.16 Å². The maximum Gasteiger partial charge on any atom is 0.300 e. The van der Waals surface area contributed by atoms with Crippen molar-refractivity contribution in [2.45, 2.75) is 57.8 Å². The van der Waals surface area contributed by atoms with Gasteiger partial charge in [-0.05, 0) is 44.7 Å². The van der Waals surface area contributed by atoms with Crippen LogP contribution in [-0.2, 0) is 30.4 Å². The number of hydroxylamine groups is 2. The SMILES string of the molecule is C[C@@H]1CN2c3c(cc4c(C(=O)N5CCCCO5)noc4c3F)CC3(C(=O)CC(=O)NC3=O)[C@H]2[C@H](C)O1. The zero-order valence-electron chi connectivity index (χ0n) is 19.8. The van der Waals surface area contributed by atoms with Crippen LogP contribution in [0.5, 0.6) is 0 Å². The third kappa shape index (κ3) is 3.13. The number of fused-ring (bicyclic) bond motifs is 5. The van der Waals surface area contributed by atoms with Crippen molar-refractivity contribution < 1.29 is 37.7 Å². The van der Waals surface area contributed by atoms with Crippen LogP contribution in [0.15, 0.2) is 10.6 Å². The Hall–Kier alpha value is -3.38. The highest BCUT2D eigenvalue weighted by Gasteiger charge is 2.62. The van der Waals surface area contributed by atoms with E-state index in [4.69, 9.17) is 14.1 Å². The average Bonchev–Trinajstić information content (AvgIpc) is 3.26. The zero-order valence-corrected chi connectivity index (χ0v) is 19.8. The summed E-state index contributed by atoms with van der Waals surface area (Å²) >= 11 is 0. The summed E-state index contributed by atoms with van der Waals surface area (Å²) in [5, 5.41) is 7.48. The first kappa shape index (κ1) is 23.0. The number of amides is 3. The van der Waals surface area contributed by atoms with Crippen LogP contribution in [0.4, 0.5) is 10.1 Å². The number of aromatic nitrogens is 1. The molecule has 1 aromatic heterocycles. The zero-order chi connectivity index (χ0) is 25.4. The van der Waals surface area contributed by atoms with Crippen molar-refractivity contribution >= 4 is 40.2 Å². The van der Waals surface area contributed by atoms with E-state index in [2.05, 4.69) is 10.5 Å². The van der Waals surface area contributed by atoms with Crippen molar-refractivity contribution in [2.24, 2.45) is 5.41 Å². The van der Waals surface area contributed by atoms with Crippen molar-refractivity contribution in [3.8, 4) is 0 Å². The fourth-order valence-electron chi connectivity index (χ4n) is 6.18. The Bertz CT molecular complexity index is 1300. The largest absolute Gasteiger partial charge is 0.372 e. The van der Waals surface area contributed by atoms with Crippen LogP contribution in [-0.4, -0.2) is 71.7 Å². The number of halogens is 1. The number of anilines is 1. The summed E-state index contributed by atoms with van der Waals surface area (Å²) in [6.45, 7) is 4.52. The topological polar surface area (TPSA) is 131 Å². The molecule has 3 amide bonds. The summed E-state index contributed by atoms with van der Waals surface area (Å²) in [7, 11) is 0. The first-order valence-corrected chi connectivity index (χ1v) is 12.1. The van der Waals surface area contributed by atoms with E-state index in [9.17, 15) is 19.2 Å². The molecular weight excluding hydrogens is 475 g/mol. The van der Waals surface area contributed by atoms with E-state index in [1.54, 1.807) is 17.9 Å². The molecule has 0 saturated carbocycles. The van der Waals surface area contributed by atoms with Crippen LogP contribution >= 0.6 is 0 Å². The van der Waals surface area contributed by atoms with E-state index < -0.39 is 53.3 Å². The first-order chi connectivity index (χ1) is 17.2. The molecule has 2 aromatic rings. The second-order valence-corrected chi connectivity index (χ2v) is 9.93. The second-order valence-electron chi connectivity index (χ2n) is 9.93. The van der Waals surface area contributed by atoms with Crippen molar-refractivity contribution in [1.29, 1.82) is 0 Å². The third-order valence-corrected chi connectivity index (χ3v) is 7.61. The van der Waals surface area contributed by atoms with Gasteiger partial charge in [-0.15, -0.1) is 0 Å². The highest BCUT2D eigenvalue weighted by Crippen LogP contribution is 2.50. The van der Waals surface area contributed by atoms with Gasteiger partial charge in [0.2, 0.25) is 17.4 Å². The summed E-state index contributed by atoms with van der Waals surface area (Å²) in [4.78, 5) is 58.9. The summed E-state index contributed by atoms with van der Waals surface area (Å²) < 4.78 is 27.4. The molecule has 5 heterocycles. The Kier molecular flexibility index (Phi) is 5.16. The smallest absolute Gasteiger partial charge is 0.300 e. The predicted octanol–water partition coefficient (Wildman–Crippen LogP) is 1.27. The normalized spacial score (nSPS) is 30.4. The Balaban J connectivity index is 1.53. The lowest BCUT2D eigenvalue weighted by Crippen LogP contribution is -2.72. The van der Waals surface area contributed by atoms with Crippen LogP contribution in [0.3, 0.4) is 0 Å². The van der Waals surface area contributed by atoms with E-state index in [1.807, 2.05) is 6.92 Å². The summed E-state index contributed by atoms with van der Waals surface area (Å²) in [6.07, 6.45) is 0.0446. The summed E-state index contributed by atoms with van der Waals surface area (Å²) in [5.41, 5.74) is -1.42. The van der Waals surface area contributed by atoms with E-state index in [0.29, 0.717) is 18.7 Å². The molecule has 3 fully saturated rings. The maximum absolute atomic E-state index is 16.1. The van der Waals surface area contributed by atoms with Crippen LogP contribution < -0.4 is 10.2 Å². The standard InChI is InChI=1S/C24H25FN4O7/c1-11-10-28-19-13(9-24(21(28)12(2)35-11)15(30)8-16(31)26-23(24)33)7-14-18(27-36-20(14)17(19)25)22(32)29-5-3-4-6-34-29/h7,11-12,21H,3-6,8-10H2,1-2H3,(H,26,31,33)/t11-,12+,21-,24?/m1/s1. The molecule has 1 aromatic carbocycles. The number of nitrogens with zero attached hydrogens (tertiary/aromatic N) is 3. The Morgan fingerprint density at radius 3 is 2.78 bits per heavy atom. The third-order valence-electron chi connectivity index (χ3n) is 7.61. The molecule has 0 bridgehead atoms. The number of carbonyl (C=O) groups is 4. The molecule has 12 heteroatoms. The van der Waals surface area contributed by atoms with Gasteiger partial charge in [-0.3, -0.25) is 29.3 Å². The minimum atomic E-state index is -1.65. The molecule has 190 valence electrons. The molecule has 1 unspecified atom stereocenters.